The van der Waals surface area contributed by atoms with E-state index < -0.39 is 0 Å². The van der Waals surface area contributed by atoms with E-state index >= 15 is 0 Å². The van der Waals surface area contributed by atoms with Gasteiger partial charge in [0, 0.05) is 31.3 Å². The van der Waals surface area contributed by atoms with E-state index in [0.29, 0.717) is 6.04 Å². The molecule has 0 bridgehead atoms. The van der Waals surface area contributed by atoms with Crippen molar-refractivity contribution in [1.82, 2.24) is 15.1 Å². The Morgan fingerprint density at radius 2 is 2.05 bits per heavy atom. The van der Waals surface area contributed by atoms with E-state index in [2.05, 4.69) is 63.8 Å². The monoisotopic (exact) mass is 295 g/mol. The maximum atomic E-state index is 5.94. The molecule has 0 fully saturated rings. The van der Waals surface area contributed by atoms with E-state index in [9.17, 15) is 0 Å². The van der Waals surface area contributed by atoms with Crippen LogP contribution in [0.2, 0.25) is 0 Å². The topological polar surface area (TPSA) is 39.1 Å². The highest BCUT2D eigenvalue weighted by molar-refractivity contribution is 5.05. The SMILES string of the molecule is CCCNC(Cc1ccn(C(C)CC)n1)C(C)(C)OCC. The fourth-order valence-corrected chi connectivity index (χ4v) is 2.48. The van der Waals surface area contributed by atoms with Gasteiger partial charge < -0.3 is 10.1 Å². The standard InChI is InChI=1S/C17H33N3O/c1-7-11-18-16(17(5,6)21-9-3)13-15-10-12-20(19-15)14(4)8-2/h10,12,14,16,18H,7-9,11,13H2,1-6H3. The average Bonchev–Trinajstić information content (AvgIpc) is 2.91. The summed E-state index contributed by atoms with van der Waals surface area (Å²) < 4.78 is 8.01. The molecule has 4 heteroatoms. The Labute approximate surface area is 130 Å². The molecule has 21 heavy (non-hydrogen) atoms. The van der Waals surface area contributed by atoms with Crippen LogP contribution < -0.4 is 5.32 Å². The summed E-state index contributed by atoms with van der Waals surface area (Å²) in [4.78, 5) is 0. The normalized spacial score (nSPS) is 15.1. The first kappa shape index (κ1) is 18.2. The third kappa shape index (κ3) is 5.44. The molecule has 0 aliphatic carbocycles. The van der Waals surface area contributed by atoms with Gasteiger partial charge in [0.15, 0.2) is 0 Å². The summed E-state index contributed by atoms with van der Waals surface area (Å²) in [5, 5.41) is 8.34. The molecular weight excluding hydrogens is 262 g/mol. The molecule has 1 heterocycles. The molecule has 1 aromatic heterocycles. The molecule has 0 saturated heterocycles. The fourth-order valence-electron chi connectivity index (χ4n) is 2.48. The van der Waals surface area contributed by atoms with Gasteiger partial charge >= 0.3 is 0 Å². The van der Waals surface area contributed by atoms with Crippen LogP contribution in [-0.2, 0) is 11.2 Å². The largest absolute Gasteiger partial charge is 0.374 e. The van der Waals surface area contributed by atoms with E-state index in [0.717, 1.165) is 38.1 Å². The summed E-state index contributed by atoms with van der Waals surface area (Å²) in [5.74, 6) is 0. The van der Waals surface area contributed by atoms with Gasteiger partial charge in [-0.3, -0.25) is 4.68 Å². The molecule has 4 nitrogen and oxygen atoms in total. The van der Waals surface area contributed by atoms with Crippen molar-refractivity contribution in [3.8, 4) is 0 Å². The van der Waals surface area contributed by atoms with Crippen molar-refractivity contribution in [2.45, 2.75) is 78.5 Å². The predicted molar refractivity (Wildman–Crippen MR) is 88.7 cm³/mol. The van der Waals surface area contributed by atoms with Crippen LogP contribution >= 0.6 is 0 Å². The van der Waals surface area contributed by atoms with Crippen molar-refractivity contribution in [3.63, 3.8) is 0 Å². The zero-order valence-electron chi connectivity index (χ0n) is 14.6. The molecule has 0 amide bonds. The molecule has 0 aliphatic heterocycles. The van der Waals surface area contributed by atoms with Crippen LogP contribution in [0, 0.1) is 0 Å². The zero-order chi connectivity index (χ0) is 15.9. The first-order chi connectivity index (χ1) is 9.94. The second-order valence-electron chi connectivity index (χ2n) is 6.29. The van der Waals surface area contributed by atoms with Crippen molar-refractivity contribution in [2.75, 3.05) is 13.2 Å². The van der Waals surface area contributed by atoms with Gasteiger partial charge in [-0.2, -0.15) is 5.10 Å². The third-order valence-electron chi connectivity index (χ3n) is 4.12. The Morgan fingerprint density at radius 3 is 2.62 bits per heavy atom. The fraction of sp³-hybridized carbons (Fsp3) is 0.824. The minimum Gasteiger partial charge on any atom is -0.374 e. The minimum atomic E-state index is -0.190. The van der Waals surface area contributed by atoms with Crippen molar-refractivity contribution in [3.05, 3.63) is 18.0 Å². The lowest BCUT2D eigenvalue weighted by atomic mass is 9.94. The summed E-state index contributed by atoms with van der Waals surface area (Å²) >= 11 is 0. The maximum Gasteiger partial charge on any atom is 0.0782 e. The molecule has 2 atom stereocenters. The van der Waals surface area contributed by atoms with Crippen LogP contribution in [0.3, 0.4) is 0 Å². The molecule has 0 saturated carbocycles. The van der Waals surface area contributed by atoms with Gasteiger partial charge in [-0.25, -0.2) is 0 Å². The number of rotatable bonds is 10. The van der Waals surface area contributed by atoms with Crippen LogP contribution in [0.25, 0.3) is 0 Å². The highest BCUT2D eigenvalue weighted by atomic mass is 16.5. The highest BCUT2D eigenvalue weighted by Gasteiger charge is 2.30. The van der Waals surface area contributed by atoms with Crippen LogP contribution in [-0.4, -0.2) is 34.6 Å². The second-order valence-corrected chi connectivity index (χ2v) is 6.29. The smallest absolute Gasteiger partial charge is 0.0782 e. The average molecular weight is 295 g/mol. The van der Waals surface area contributed by atoms with Gasteiger partial charge in [-0.05, 0) is 53.1 Å². The molecule has 0 spiro atoms. The molecule has 122 valence electrons. The number of nitrogens with one attached hydrogen (secondary N) is 1. The quantitative estimate of drug-likeness (QED) is 0.717. The van der Waals surface area contributed by atoms with Gasteiger partial charge in [-0.1, -0.05) is 13.8 Å². The lowest BCUT2D eigenvalue weighted by molar-refractivity contribution is -0.0382. The molecule has 0 radical (unpaired) electrons. The van der Waals surface area contributed by atoms with Crippen LogP contribution in [0.1, 0.15) is 66.1 Å². The first-order valence-electron chi connectivity index (χ1n) is 8.35. The molecule has 1 N–H and O–H groups in total. The number of ether oxygens (including phenoxy) is 1. The van der Waals surface area contributed by atoms with Gasteiger partial charge in [-0.15, -0.1) is 0 Å². The first-order valence-corrected chi connectivity index (χ1v) is 8.35. The summed E-state index contributed by atoms with van der Waals surface area (Å²) in [7, 11) is 0. The molecular formula is C17H33N3O. The van der Waals surface area contributed by atoms with E-state index in [1.165, 1.54) is 0 Å². The summed E-state index contributed by atoms with van der Waals surface area (Å²) in [6, 6.07) is 2.87. The Bertz CT molecular complexity index is 400. The Morgan fingerprint density at radius 1 is 1.33 bits per heavy atom. The molecule has 1 aromatic rings. The summed E-state index contributed by atoms with van der Waals surface area (Å²) in [6.45, 7) is 14.7. The van der Waals surface area contributed by atoms with E-state index in [4.69, 9.17) is 9.84 Å². The van der Waals surface area contributed by atoms with Gasteiger partial charge in [0.25, 0.3) is 0 Å². The lowest BCUT2D eigenvalue weighted by Gasteiger charge is -2.34. The Kier molecular flexibility index (Phi) is 7.40. The molecule has 0 aromatic carbocycles. The van der Waals surface area contributed by atoms with Crippen LogP contribution in [0.15, 0.2) is 12.3 Å². The zero-order valence-corrected chi connectivity index (χ0v) is 14.6. The number of aromatic nitrogens is 2. The molecule has 2 unspecified atom stereocenters. The van der Waals surface area contributed by atoms with E-state index in [1.54, 1.807) is 0 Å². The van der Waals surface area contributed by atoms with Crippen molar-refractivity contribution in [1.29, 1.82) is 0 Å². The van der Waals surface area contributed by atoms with Gasteiger partial charge in [0.2, 0.25) is 0 Å². The third-order valence-corrected chi connectivity index (χ3v) is 4.12. The van der Waals surface area contributed by atoms with E-state index in [1.807, 2.05) is 0 Å². The highest BCUT2D eigenvalue weighted by Crippen LogP contribution is 2.19. The maximum absolute atomic E-state index is 5.94. The van der Waals surface area contributed by atoms with Gasteiger partial charge in [0.05, 0.1) is 11.3 Å². The van der Waals surface area contributed by atoms with Crippen molar-refractivity contribution in [2.24, 2.45) is 0 Å². The van der Waals surface area contributed by atoms with Crippen molar-refractivity contribution < 1.29 is 4.74 Å². The molecule has 0 aliphatic rings. The number of hydrogen-bond donors (Lipinski definition) is 1. The second kappa shape index (κ2) is 8.54. The Balaban J connectivity index is 2.78. The number of nitrogens with zero attached hydrogens (tertiary/aromatic N) is 2. The lowest BCUT2D eigenvalue weighted by Crippen LogP contribution is -2.50. The number of hydrogen-bond acceptors (Lipinski definition) is 3. The van der Waals surface area contributed by atoms with Gasteiger partial charge in [0.1, 0.15) is 0 Å². The van der Waals surface area contributed by atoms with Crippen LogP contribution in [0.5, 0.6) is 0 Å². The van der Waals surface area contributed by atoms with E-state index in [-0.39, 0.29) is 11.6 Å². The van der Waals surface area contributed by atoms with Crippen LogP contribution in [0.4, 0.5) is 0 Å². The predicted octanol–water partition coefficient (Wildman–Crippen LogP) is 3.58. The summed E-state index contributed by atoms with van der Waals surface area (Å²) in [6.07, 6.45) is 5.22. The van der Waals surface area contributed by atoms with Crippen molar-refractivity contribution >= 4 is 0 Å². The summed E-state index contributed by atoms with van der Waals surface area (Å²) in [5.41, 5.74) is 0.945. The Hall–Kier alpha value is -0.870. The molecule has 1 rings (SSSR count). The minimum absolute atomic E-state index is 0.190.